The van der Waals surface area contributed by atoms with Crippen LogP contribution in [0.4, 0.5) is 0 Å². The van der Waals surface area contributed by atoms with Crippen LogP contribution in [-0.4, -0.2) is 19.1 Å². The molecule has 4 aliphatic rings. The highest BCUT2D eigenvalue weighted by atomic mass is 127. The Hall–Kier alpha value is 0.830. The number of hydrogen-bond acceptors (Lipinski definition) is 3. The van der Waals surface area contributed by atoms with E-state index in [1.807, 2.05) is 6.07 Å². The Bertz CT molecular complexity index is 818. The first kappa shape index (κ1) is 19.2. The van der Waals surface area contributed by atoms with Gasteiger partial charge in [0, 0.05) is 10.7 Å². The largest absolute Gasteiger partial charge is 0.268 e. The second kappa shape index (κ2) is 6.71. The monoisotopic (exact) mass is 697 g/mol. The molecule has 25 heavy (non-hydrogen) atoms. The van der Waals surface area contributed by atoms with Crippen molar-refractivity contribution in [3.05, 3.63) is 28.4 Å². The minimum Gasteiger partial charge on any atom is -0.268 e. The van der Waals surface area contributed by atoms with E-state index in [0.717, 1.165) is 30.0 Å². The van der Waals surface area contributed by atoms with Crippen LogP contribution in [0.2, 0.25) is 0 Å². The van der Waals surface area contributed by atoms with Gasteiger partial charge in [-0.2, -0.15) is 0 Å². The summed E-state index contributed by atoms with van der Waals surface area (Å²) < 4.78 is 30.8. The van der Waals surface area contributed by atoms with Gasteiger partial charge in [0.15, 0.2) is 0 Å². The number of halogens is 3. The van der Waals surface area contributed by atoms with Gasteiger partial charge in [0.25, 0.3) is 5.91 Å². The topological polar surface area (TPSA) is 63.2 Å². The van der Waals surface area contributed by atoms with Crippen LogP contribution in [0.25, 0.3) is 0 Å². The van der Waals surface area contributed by atoms with Crippen molar-refractivity contribution < 1.29 is 13.2 Å². The number of benzene rings is 1. The SMILES string of the molecule is O=C(NS(=O)(=O)C12CC3CC(CC(C3)C1)C2)c1cc(I)cc(I)c1I. The van der Waals surface area contributed by atoms with E-state index in [9.17, 15) is 13.2 Å². The van der Waals surface area contributed by atoms with E-state index in [-0.39, 0.29) is 0 Å². The first-order valence-electron chi connectivity index (χ1n) is 8.40. The highest BCUT2D eigenvalue weighted by Gasteiger charge is 2.57. The molecule has 5 rings (SSSR count). The van der Waals surface area contributed by atoms with Gasteiger partial charge in [0.05, 0.1) is 10.3 Å². The fourth-order valence-electron chi connectivity index (χ4n) is 5.37. The van der Waals surface area contributed by atoms with Crippen LogP contribution in [0.5, 0.6) is 0 Å². The Kier molecular flexibility index (Phi) is 5.14. The van der Waals surface area contributed by atoms with E-state index < -0.39 is 20.7 Å². The van der Waals surface area contributed by atoms with Gasteiger partial charge in [-0.25, -0.2) is 13.1 Å². The Morgan fingerprint density at radius 1 is 1.00 bits per heavy atom. The third-order valence-electron chi connectivity index (χ3n) is 6.02. The minimum atomic E-state index is -3.68. The van der Waals surface area contributed by atoms with Crippen LogP contribution in [0, 0.1) is 28.5 Å². The van der Waals surface area contributed by atoms with Crippen molar-refractivity contribution in [2.24, 2.45) is 17.8 Å². The second-order valence-corrected chi connectivity index (χ2v) is 13.3. The Labute approximate surface area is 189 Å². The lowest BCUT2D eigenvalue weighted by atomic mass is 9.56. The van der Waals surface area contributed by atoms with Crippen LogP contribution in [-0.2, 0) is 10.0 Å². The molecule has 1 N–H and O–H groups in total. The molecule has 4 fully saturated rings. The summed E-state index contributed by atoms with van der Waals surface area (Å²) in [4.78, 5) is 12.8. The van der Waals surface area contributed by atoms with Crippen molar-refractivity contribution in [2.75, 3.05) is 0 Å². The van der Waals surface area contributed by atoms with Crippen molar-refractivity contribution in [1.29, 1.82) is 0 Å². The zero-order chi connectivity index (χ0) is 18.0. The molecule has 0 spiro atoms. The van der Waals surface area contributed by atoms with E-state index in [0.29, 0.717) is 23.3 Å². The summed E-state index contributed by atoms with van der Waals surface area (Å²) in [5, 5.41) is 0. The van der Waals surface area contributed by atoms with Crippen molar-refractivity contribution >= 4 is 83.7 Å². The summed E-state index contributed by atoms with van der Waals surface area (Å²) in [6.07, 6.45) is 5.70. The zero-order valence-electron chi connectivity index (χ0n) is 13.4. The molecule has 1 amide bonds. The quantitative estimate of drug-likeness (QED) is 0.374. The predicted molar refractivity (Wildman–Crippen MR) is 122 cm³/mol. The number of rotatable bonds is 3. The Morgan fingerprint density at radius 2 is 1.52 bits per heavy atom. The summed E-state index contributed by atoms with van der Waals surface area (Å²) >= 11 is 6.45. The molecule has 4 aliphatic carbocycles. The summed E-state index contributed by atoms with van der Waals surface area (Å²) in [6, 6.07) is 3.74. The number of carbonyl (C=O) groups is 1. The van der Waals surface area contributed by atoms with E-state index in [2.05, 4.69) is 72.5 Å². The van der Waals surface area contributed by atoms with Crippen LogP contribution in [0.3, 0.4) is 0 Å². The molecular formula is C17H18I3NO3S. The van der Waals surface area contributed by atoms with E-state index >= 15 is 0 Å². The molecule has 0 heterocycles. The maximum absolute atomic E-state index is 13.2. The van der Waals surface area contributed by atoms with Crippen molar-refractivity contribution in [3.63, 3.8) is 0 Å². The third kappa shape index (κ3) is 3.39. The molecule has 1 aromatic rings. The van der Waals surface area contributed by atoms with Gasteiger partial charge in [-0.05, 0) is 136 Å². The van der Waals surface area contributed by atoms with E-state index in [1.165, 1.54) is 19.3 Å². The number of carbonyl (C=O) groups excluding carboxylic acids is 1. The molecular weight excluding hydrogens is 679 g/mol. The average molecular weight is 697 g/mol. The lowest BCUT2D eigenvalue weighted by Crippen LogP contribution is -2.58. The Morgan fingerprint density at radius 3 is 2.04 bits per heavy atom. The fourth-order valence-corrected chi connectivity index (χ4v) is 9.70. The fraction of sp³-hybridized carbons (Fsp3) is 0.588. The van der Waals surface area contributed by atoms with Gasteiger partial charge in [0.1, 0.15) is 0 Å². The van der Waals surface area contributed by atoms with Gasteiger partial charge < -0.3 is 0 Å². The number of amides is 1. The molecule has 0 atom stereocenters. The van der Waals surface area contributed by atoms with E-state index in [4.69, 9.17) is 0 Å². The summed E-state index contributed by atoms with van der Waals surface area (Å²) in [5.41, 5.74) is 0.449. The molecule has 136 valence electrons. The van der Waals surface area contributed by atoms with Crippen molar-refractivity contribution in [3.8, 4) is 0 Å². The van der Waals surface area contributed by atoms with Gasteiger partial charge in [-0.1, -0.05) is 0 Å². The molecule has 1 aromatic carbocycles. The molecule has 0 radical (unpaired) electrons. The molecule has 8 heteroatoms. The number of hydrogen-bond donors (Lipinski definition) is 1. The standard InChI is InChI=1S/C17H18I3NO3S/c18-12-4-13(15(20)14(19)5-12)16(22)21-25(23,24)17-6-9-1-10(7-17)3-11(2-9)8-17/h4-5,9-11H,1-3,6-8H2,(H,21,22). The van der Waals surface area contributed by atoms with Crippen molar-refractivity contribution in [1.82, 2.24) is 4.72 Å². The lowest BCUT2D eigenvalue weighted by Gasteiger charge is -2.55. The second-order valence-electron chi connectivity index (χ2n) is 7.78. The third-order valence-corrected chi connectivity index (χ3v) is 11.8. The number of sulfonamides is 1. The maximum atomic E-state index is 13.2. The van der Waals surface area contributed by atoms with Crippen molar-refractivity contribution in [2.45, 2.75) is 43.3 Å². The average Bonchev–Trinajstić information content (AvgIpc) is 2.48. The van der Waals surface area contributed by atoms with Crippen LogP contribution < -0.4 is 4.72 Å². The lowest BCUT2D eigenvalue weighted by molar-refractivity contribution is 0.0332. The number of nitrogens with one attached hydrogen (secondary N) is 1. The molecule has 0 unspecified atom stereocenters. The molecule has 4 saturated carbocycles. The molecule has 0 aliphatic heterocycles. The minimum absolute atomic E-state index is 0.449. The molecule has 0 aromatic heterocycles. The smallest absolute Gasteiger partial charge is 0.265 e. The van der Waals surface area contributed by atoms with Crippen LogP contribution >= 0.6 is 67.8 Å². The predicted octanol–water partition coefficient (Wildman–Crippen LogP) is 4.53. The van der Waals surface area contributed by atoms with E-state index in [1.54, 1.807) is 6.07 Å². The van der Waals surface area contributed by atoms with Crippen LogP contribution in [0.1, 0.15) is 48.9 Å². The summed E-state index contributed by atoms with van der Waals surface area (Å²) in [7, 11) is -3.68. The highest BCUT2D eigenvalue weighted by Crippen LogP contribution is 2.58. The summed E-state index contributed by atoms with van der Waals surface area (Å²) in [6.45, 7) is 0. The van der Waals surface area contributed by atoms with Gasteiger partial charge in [-0.3, -0.25) is 4.79 Å². The molecule has 4 nitrogen and oxygen atoms in total. The molecule has 4 bridgehead atoms. The summed E-state index contributed by atoms with van der Waals surface area (Å²) in [5.74, 6) is 1.08. The normalized spacial score (nSPS) is 33.5. The van der Waals surface area contributed by atoms with Gasteiger partial charge >= 0.3 is 0 Å². The Balaban J connectivity index is 1.63. The first-order chi connectivity index (χ1) is 11.7. The zero-order valence-corrected chi connectivity index (χ0v) is 20.7. The highest BCUT2D eigenvalue weighted by molar-refractivity contribution is 14.1. The first-order valence-corrected chi connectivity index (χ1v) is 13.1. The van der Waals surface area contributed by atoms with Gasteiger partial charge in [0.2, 0.25) is 10.0 Å². The maximum Gasteiger partial charge on any atom is 0.265 e. The van der Waals surface area contributed by atoms with Crippen LogP contribution in [0.15, 0.2) is 12.1 Å². The van der Waals surface area contributed by atoms with Gasteiger partial charge in [-0.15, -0.1) is 0 Å². The molecule has 0 saturated heterocycles.